The molecule has 1 aromatic heterocycles. The molecule has 0 bridgehead atoms. The molecule has 5 heteroatoms. The largest absolute Gasteiger partial charge is 0.455 e. The molecule has 3 aromatic rings. The highest BCUT2D eigenvalue weighted by Gasteiger charge is 2.05. The predicted molar refractivity (Wildman–Crippen MR) is 84.9 cm³/mol. The van der Waals surface area contributed by atoms with Crippen LogP contribution in [0.25, 0.3) is 16.3 Å². The predicted octanol–water partition coefficient (Wildman–Crippen LogP) is 4.19. The van der Waals surface area contributed by atoms with E-state index in [4.69, 9.17) is 4.74 Å². The fraction of sp³-hybridized carbons (Fsp3) is 0.0588. The maximum atomic E-state index is 13.4. The highest BCUT2D eigenvalue weighted by molar-refractivity contribution is 7.18. The van der Waals surface area contributed by atoms with Gasteiger partial charge < -0.3 is 4.74 Å². The van der Waals surface area contributed by atoms with Crippen molar-refractivity contribution in [1.82, 2.24) is 4.98 Å². The molecule has 0 unspecified atom stereocenters. The second-order valence-electron chi connectivity index (χ2n) is 4.54. The fourth-order valence-electron chi connectivity index (χ4n) is 1.93. The lowest BCUT2D eigenvalue weighted by molar-refractivity contribution is -0.138. The highest BCUT2D eigenvalue weighted by atomic mass is 32.1. The minimum absolute atomic E-state index is 0.111. The molecule has 0 atom stereocenters. The van der Waals surface area contributed by atoms with Crippen LogP contribution in [0.2, 0.25) is 0 Å². The second kappa shape index (κ2) is 6.49. The molecule has 3 nitrogen and oxygen atoms in total. The summed E-state index contributed by atoms with van der Waals surface area (Å²) in [5.74, 6) is -0.903. The third-order valence-corrected chi connectivity index (χ3v) is 3.99. The molecule has 3 rings (SSSR count). The number of rotatable bonds is 4. The SMILES string of the molecule is O=C(/C=C/c1ccccc1F)OCc1nc2ccccc2s1. The highest BCUT2D eigenvalue weighted by Crippen LogP contribution is 2.22. The molecule has 1 heterocycles. The summed E-state index contributed by atoms with van der Waals surface area (Å²) < 4.78 is 19.6. The first-order valence-corrected chi connectivity index (χ1v) is 7.48. The third kappa shape index (κ3) is 3.38. The van der Waals surface area contributed by atoms with Gasteiger partial charge in [0.15, 0.2) is 0 Å². The van der Waals surface area contributed by atoms with Gasteiger partial charge in [0.1, 0.15) is 17.4 Å². The van der Waals surface area contributed by atoms with Crippen LogP contribution in [-0.4, -0.2) is 11.0 Å². The summed E-state index contributed by atoms with van der Waals surface area (Å²) in [7, 11) is 0. The molecule has 22 heavy (non-hydrogen) atoms. The van der Waals surface area contributed by atoms with E-state index < -0.39 is 5.97 Å². The molecular weight excluding hydrogens is 301 g/mol. The number of hydrogen-bond donors (Lipinski definition) is 0. The van der Waals surface area contributed by atoms with Gasteiger partial charge in [0, 0.05) is 11.6 Å². The molecule has 2 aromatic carbocycles. The Bertz CT molecular complexity index is 808. The Kier molecular flexibility index (Phi) is 4.25. The Hall–Kier alpha value is -2.53. The number of esters is 1. The van der Waals surface area contributed by atoms with E-state index >= 15 is 0 Å². The molecule has 0 saturated carbocycles. The Morgan fingerprint density at radius 1 is 1.18 bits per heavy atom. The minimum atomic E-state index is -0.525. The van der Waals surface area contributed by atoms with Crippen molar-refractivity contribution in [2.75, 3.05) is 0 Å². The maximum absolute atomic E-state index is 13.4. The lowest BCUT2D eigenvalue weighted by Gasteiger charge is -1.98. The lowest BCUT2D eigenvalue weighted by Crippen LogP contribution is -2.00. The van der Waals surface area contributed by atoms with Gasteiger partial charge in [-0.2, -0.15) is 0 Å². The summed E-state index contributed by atoms with van der Waals surface area (Å²) in [6.45, 7) is 0.111. The summed E-state index contributed by atoms with van der Waals surface area (Å²) in [4.78, 5) is 16.0. The zero-order chi connectivity index (χ0) is 15.4. The molecule has 0 aliphatic carbocycles. The van der Waals surface area contributed by atoms with Crippen molar-refractivity contribution in [3.8, 4) is 0 Å². The van der Waals surface area contributed by atoms with Gasteiger partial charge in [-0.05, 0) is 24.3 Å². The van der Waals surface area contributed by atoms with Crippen molar-refractivity contribution in [2.45, 2.75) is 6.61 Å². The van der Waals surface area contributed by atoms with E-state index in [1.165, 1.54) is 29.6 Å². The van der Waals surface area contributed by atoms with Gasteiger partial charge in [-0.3, -0.25) is 0 Å². The van der Waals surface area contributed by atoms with Gasteiger partial charge in [-0.15, -0.1) is 11.3 Å². The first-order chi connectivity index (χ1) is 10.7. The standard InChI is InChI=1S/C17H12FNO2S/c18-13-6-2-1-5-12(13)9-10-17(20)21-11-16-19-14-7-3-4-8-15(14)22-16/h1-10H,11H2/b10-9+. The molecule has 0 radical (unpaired) electrons. The number of thiazole rings is 1. The van der Waals surface area contributed by atoms with Crippen molar-refractivity contribution in [1.29, 1.82) is 0 Å². The van der Waals surface area contributed by atoms with E-state index in [1.807, 2.05) is 24.3 Å². The summed E-state index contributed by atoms with van der Waals surface area (Å²) in [6.07, 6.45) is 2.61. The topological polar surface area (TPSA) is 39.2 Å². The zero-order valence-electron chi connectivity index (χ0n) is 11.5. The molecule has 0 amide bonds. The number of hydrogen-bond acceptors (Lipinski definition) is 4. The van der Waals surface area contributed by atoms with E-state index in [0.717, 1.165) is 15.2 Å². The summed E-state index contributed by atoms with van der Waals surface area (Å²) in [5.41, 5.74) is 1.24. The van der Waals surface area contributed by atoms with E-state index in [1.54, 1.807) is 18.2 Å². The van der Waals surface area contributed by atoms with Crippen molar-refractivity contribution in [3.63, 3.8) is 0 Å². The van der Waals surface area contributed by atoms with Gasteiger partial charge in [0.2, 0.25) is 0 Å². The van der Waals surface area contributed by atoms with Gasteiger partial charge in [-0.1, -0.05) is 30.3 Å². The minimum Gasteiger partial charge on any atom is -0.455 e. The monoisotopic (exact) mass is 313 g/mol. The molecule has 0 aliphatic heterocycles. The van der Waals surface area contributed by atoms with E-state index in [0.29, 0.717) is 5.56 Å². The number of benzene rings is 2. The summed E-state index contributed by atoms with van der Waals surface area (Å²) in [5, 5.41) is 0.730. The van der Waals surface area contributed by atoms with Crippen LogP contribution in [0.1, 0.15) is 10.6 Å². The average molecular weight is 313 g/mol. The number of nitrogens with zero attached hydrogens (tertiary/aromatic N) is 1. The Labute approximate surface area is 130 Å². The van der Waals surface area contributed by atoms with Gasteiger partial charge in [0.25, 0.3) is 0 Å². The van der Waals surface area contributed by atoms with Crippen LogP contribution in [0.15, 0.2) is 54.6 Å². The van der Waals surface area contributed by atoms with E-state index in [2.05, 4.69) is 4.98 Å². The van der Waals surface area contributed by atoms with Crippen LogP contribution in [0.4, 0.5) is 4.39 Å². The second-order valence-corrected chi connectivity index (χ2v) is 5.65. The van der Waals surface area contributed by atoms with Gasteiger partial charge >= 0.3 is 5.97 Å². The number of aromatic nitrogens is 1. The molecule has 0 fully saturated rings. The van der Waals surface area contributed by atoms with Crippen LogP contribution in [0.5, 0.6) is 0 Å². The van der Waals surface area contributed by atoms with Crippen LogP contribution in [0, 0.1) is 5.82 Å². The lowest BCUT2D eigenvalue weighted by atomic mass is 10.2. The van der Waals surface area contributed by atoms with E-state index in [-0.39, 0.29) is 12.4 Å². The van der Waals surface area contributed by atoms with Gasteiger partial charge in [-0.25, -0.2) is 14.2 Å². The van der Waals surface area contributed by atoms with Crippen molar-refractivity contribution < 1.29 is 13.9 Å². The zero-order valence-corrected chi connectivity index (χ0v) is 12.3. The number of carbonyl (C=O) groups is 1. The van der Waals surface area contributed by atoms with E-state index in [9.17, 15) is 9.18 Å². The quantitative estimate of drug-likeness (QED) is 0.535. The van der Waals surface area contributed by atoms with Crippen molar-refractivity contribution in [3.05, 3.63) is 71.0 Å². The summed E-state index contributed by atoms with van der Waals surface area (Å²) >= 11 is 1.48. The Morgan fingerprint density at radius 3 is 2.77 bits per heavy atom. The average Bonchev–Trinajstić information content (AvgIpc) is 2.95. The van der Waals surface area contributed by atoms with Crippen LogP contribution in [0.3, 0.4) is 0 Å². The Morgan fingerprint density at radius 2 is 1.95 bits per heavy atom. The smallest absolute Gasteiger partial charge is 0.331 e. The maximum Gasteiger partial charge on any atom is 0.331 e. The fourth-order valence-corrected chi connectivity index (χ4v) is 2.81. The first-order valence-electron chi connectivity index (χ1n) is 6.66. The number of para-hydroxylation sites is 1. The van der Waals surface area contributed by atoms with Gasteiger partial charge in [0.05, 0.1) is 10.2 Å². The summed E-state index contributed by atoms with van der Waals surface area (Å²) in [6, 6.07) is 14.0. The molecule has 110 valence electrons. The molecular formula is C17H12FNO2S. The van der Waals surface area contributed by atoms with Crippen LogP contribution < -0.4 is 0 Å². The van der Waals surface area contributed by atoms with Crippen molar-refractivity contribution in [2.24, 2.45) is 0 Å². The van der Waals surface area contributed by atoms with Crippen LogP contribution >= 0.6 is 11.3 Å². The Balaban J connectivity index is 1.61. The molecule has 0 aliphatic rings. The van der Waals surface area contributed by atoms with Crippen LogP contribution in [-0.2, 0) is 16.1 Å². The number of carbonyl (C=O) groups excluding carboxylic acids is 1. The normalized spacial score (nSPS) is 11.1. The number of halogens is 1. The third-order valence-electron chi connectivity index (χ3n) is 2.98. The van der Waals surface area contributed by atoms with Crippen molar-refractivity contribution >= 4 is 33.6 Å². The first kappa shape index (κ1) is 14.4. The molecule has 0 saturated heterocycles. The molecule has 0 N–H and O–H groups in total. The number of fused-ring (bicyclic) bond motifs is 1. The number of ether oxygens (including phenoxy) is 1. The molecule has 0 spiro atoms.